The molecule has 5 N–H and O–H groups in total. The van der Waals surface area contributed by atoms with Crippen molar-refractivity contribution in [2.24, 2.45) is 10.7 Å². The molecule has 2 aliphatic rings. The minimum absolute atomic E-state index is 0.0282. The third-order valence-electron chi connectivity index (χ3n) is 5.57. The van der Waals surface area contributed by atoms with Crippen LogP contribution in [0.4, 0.5) is 15.8 Å². The van der Waals surface area contributed by atoms with Crippen LogP contribution in [0.15, 0.2) is 53.4 Å². The van der Waals surface area contributed by atoms with E-state index in [9.17, 15) is 4.39 Å². The number of amidine groups is 1. The molecule has 1 saturated carbocycles. The molecular formula is C21H24FN5O. The van der Waals surface area contributed by atoms with E-state index in [0.29, 0.717) is 23.0 Å². The number of hydrogen-bond donors (Lipinski definition) is 3. The van der Waals surface area contributed by atoms with Gasteiger partial charge in [0.15, 0.2) is 0 Å². The number of para-hydroxylation sites is 1. The number of nitrogen functional groups attached to an aromatic ring is 1. The molecule has 1 aliphatic carbocycles. The summed E-state index contributed by atoms with van der Waals surface area (Å²) in [4.78, 5) is 6.50. The molecule has 7 heteroatoms. The first-order valence-corrected chi connectivity index (χ1v) is 9.19. The summed E-state index contributed by atoms with van der Waals surface area (Å²) >= 11 is 0. The first-order valence-electron chi connectivity index (χ1n) is 9.19. The molecule has 0 bridgehead atoms. The molecule has 146 valence electrons. The second kappa shape index (κ2) is 6.74. The Hall–Kier alpha value is -3.22. The molecule has 1 heterocycles. The van der Waals surface area contributed by atoms with Crippen LogP contribution in [0, 0.1) is 5.82 Å². The Morgan fingerprint density at radius 3 is 2.71 bits per heavy atom. The summed E-state index contributed by atoms with van der Waals surface area (Å²) in [7, 11) is 3.13. The number of hydrogen-bond acceptors (Lipinski definition) is 5. The van der Waals surface area contributed by atoms with Crippen LogP contribution in [-0.2, 0) is 5.41 Å². The Morgan fingerprint density at radius 2 is 2.07 bits per heavy atom. The maximum Gasteiger partial charge on any atom is 0.149 e. The standard InChI is InChI=1S/C21H24FN5O/c1-25-20(13-9-16(24)15(22)10-18(13)28-2)26-19(11-23)27-12-21(7-8-21)14-5-3-4-6-17(14)27/h3-6,9-11H,7-8,12,23-24H2,1-2H3,(H,25,26)/b19-11+. The minimum Gasteiger partial charge on any atom is -0.496 e. The fourth-order valence-corrected chi connectivity index (χ4v) is 3.91. The van der Waals surface area contributed by atoms with Crippen molar-refractivity contribution in [2.75, 3.05) is 31.3 Å². The molecule has 1 fully saturated rings. The van der Waals surface area contributed by atoms with Crippen molar-refractivity contribution in [1.82, 2.24) is 5.32 Å². The molecule has 4 rings (SSSR count). The predicted octanol–water partition coefficient (Wildman–Crippen LogP) is 2.69. The van der Waals surface area contributed by atoms with Gasteiger partial charge in [0, 0.05) is 37.0 Å². The molecule has 2 aromatic rings. The summed E-state index contributed by atoms with van der Waals surface area (Å²) < 4.78 is 19.2. The molecule has 0 saturated heterocycles. The number of ether oxygens (including phenoxy) is 1. The van der Waals surface area contributed by atoms with Gasteiger partial charge in [0.1, 0.15) is 23.2 Å². The molecule has 6 nitrogen and oxygen atoms in total. The van der Waals surface area contributed by atoms with E-state index in [0.717, 1.165) is 12.2 Å². The fraction of sp³-hybridized carbons (Fsp3) is 0.286. The van der Waals surface area contributed by atoms with E-state index < -0.39 is 5.82 Å². The third kappa shape index (κ3) is 2.83. The van der Waals surface area contributed by atoms with Crippen molar-refractivity contribution in [1.29, 1.82) is 0 Å². The molecule has 0 aromatic heterocycles. The van der Waals surface area contributed by atoms with E-state index in [1.807, 2.05) is 6.07 Å². The van der Waals surface area contributed by atoms with Crippen LogP contribution in [0.5, 0.6) is 5.75 Å². The Morgan fingerprint density at radius 1 is 1.32 bits per heavy atom. The lowest BCUT2D eigenvalue weighted by Crippen LogP contribution is -2.37. The summed E-state index contributed by atoms with van der Waals surface area (Å²) in [6, 6.07) is 11.2. The van der Waals surface area contributed by atoms with Crippen molar-refractivity contribution in [3.05, 3.63) is 65.4 Å². The Bertz CT molecular complexity index is 981. The minimum atomic E-state index is -0.533. The summed E-state index contributed by atoms with van der Waals surface area (Å²) in [6.45, 7) is 0.863. The highest BCUT2D eigenvalue weighted by Gasteiger charge is 2.52. The van der Waals surface area contributed by atoms with Gasteiger partial charge in [-0.1, -0.05) is 18.2 Å². The van der Waals surface area contributed by atoms with Gasteiger partial charge in [-0.2, -0.15) is 0 Å². The third-order valence-corrected chi connectivity index (χ3v) is 5.57. The normalized spacial score (nSPS) is 17.6. The van der Waals surface area contributed by atoms with Gasteiger partial charge in [-0.3, -0.25) is 4.99 Å². The highest BCUT2D eigenvalue weighted by molar-refractivity contribution is 6.03. The fourth-order valence-electron chi connectivity index (χ4n) is 3.91. The van der Waals surface area contributed by atoms with Crippen molar-refractivity contribution >= 4 is 17.2 Å². The number of nitrogens with two attached hydrogens (primary N) is 2. The second-order valence-electron chi connectivity index (χ2n) is 7.21. The van der Waals surface area contributed by atoms with Crippen LogP contribution in [0.3, 0.4) is 0 Å². The average molecular weight is 381 g/mol. The smallest absolute Gasteiger partial charge is 0.149 e. The van der Waals surface area contributed by atoms with E-state index in [-0.39, 0.29) is 11.1 Å². The van der Waals surface area contributed by atoms with Gasteiger partial charge < -0.3 is 26.4 Å². The molecule has 1 spiro atoms. The number of nitrogens with one attached hydrogen (secondary N) is 1. The highest BCUT2D eigenvalue weighted by atomic mass is 19.1. The number of nitrogens with zero attached hydrogens (tertiary/aromatic N) is 2. The highest BCUT2D eigenvalue weighted by Crippen LogP contribution is 2.56. The average Bonchev–Trinajstić information content (AvgIpc) is 3.42. The number of anilines is 2. The van der Waals surface area contributed by atoms with Crippen LogP contribution in [0.2, 0.25) is 0 Å². The SMILES string of the molecule is CN=C(N/C(=C\N)N1CC2(CC2)c2ccccc21)c1cc(N)c(F)cc1OC. The van der Waals surface area contributed by atoms with E-state index in [2.05, 4.69) is 33.4 Å². The van der Waals surface area contributed by atoms with E-state index in [4.69, 9.17) is 16.2 Å². The Kier molecular flexibility index (Phi) is 4.37. The first-order chi connectivity index (χ1) is 13.5. The molecule has 0 radical (unpaired) electrons. The summed E-state index contributed by atoms with van der Waals surface area (Å²) in [6.07, 6.45) is 3.88. The molecule has 2 aromatic carbocycles. The Labute approximate surface area is 163 Å². The second-order valence-corrected chi connectivity index (χ2v) is 7.21. The number of aliphatic imine (C=N–C) groups is 1. The monoisotopic (exact) mass is 381 g/mol. The van der Waals surface area contributed by atoms with Crippen molar-refractivity contribution in [3.8, 4) is 5.75 Å². The van der Waals surface area contributed by atoms with Crippen molar-refractivity contribution < 1.29 is 9.13 Å². The zero-order valence-electron chi connectivity index (χ0n) is 16.0. The number of halogens is 1. The zero-order valence-corrected chi connectivity index (χ0v) is 16.0. The van der Waals surface area contributed by atoms with Crippen LogP contribution in [0.1, 0.15) is 24.0 Å². The predicted molar refractivity (Wildman–Crippen MR) is 110 cm³/mol. The quantitative estimate of drug-likeness (QED) is 0.430. The van der Waals surface area contributed by atoms with Gasteiger partial charge in [0.05, 0.1) is 18.4 Å². The van der Waals surface area contributed by atoms with Gasteiger partial charge in [-0.25, -0.2) is 4.39 Å². The zero-order chi connectivity index (χ0) is 19.9. The van der Waals surface area contributed by atoms with Gasteiger partial charge in [-0.05, 0) is 30.5 Å². The van der Waals surface area contributed by atoms with E-state index in [1.165, 1.54) is 43.8 Å². The Balaban J connectivity index is 1.67. The van der Waals surface area contributed by atoms with Crippen LogP contribution < -0.4 is 26.4 Å². The maximum atomic E-state index is 13.8. The lowest BCUT2D eigenvalue weighted by Gasteiger charge is -2.25. The van der Waals surface area contributed by atoms with Crippen molar-refractivity contribution in [3.63, 3.8) is 0 Å². The summed E-state index contributed by atoms with van der Waals surface area (Å²) in [5.41, 5.74) is 15.1. The molecular weight excluding hydrogens is 357 g/mol. The topological polar surface area (TPSA) is 88.9 Å². The van der Waals surface area contributed by atoms with Crippen LogP contribution in [0.25, 0.3) is 0 Å². The lowest BCUT2D eigenvalue weighted by atomic mass is 9.99. The van der Waals surface area contributed by atoms with E-state index >= 15 is 0 Å². The molecule has 0 amide bonds. The number of methoxy groups -OCH3 is 1. The summed E-state index contributed by atoms with van der Waals surface area (Å²) in [5.74, 6) is 1.02. The number of rotatable bonds is 4. The van der Waals surface area contributed by atoms with Crippen molar-refractivity contribution in [2.45, 2.75) is 18.3 Å². The maximum absolute atomic E-state index is 13.8. The molecule has 28 heavy (non-hydrogen) atoms. The summed E-state index contributed by atoms with van der Waals surface area (Å²) in [5, 5.41) is 3.29. The molecule has 0 atom stereocenters. The van der Waals surface area contributed by atoms with Crippen LogP contribution in [-0.4, -0.2) is 26.5 Å². The van der Waals surface area contributed by atoms with Gasteiger partial charge in [0.25, 0.3) is 0 Å². The molecule has 1 aliphatic heterocycles. The number of benzene rings is 2. The number of fused-ring (bicyclic) bond motifs is 2. The van der Waals surface area contributed by atoms with Gasteiger partial charge in [-0.15, -0.1) is 0 Å². The first kappa shape index (κ1) is 18.2. The van der Waals surface area contributed by atoms with Crippen LogP contribution >= 0.6 is 0 Å². The van der Waals surface area contributed by atoms with E-state index in [1.54, 1.807) is 7.05 Å². The largest absolute Gasteiger partial charge is 0.496 e. The van der Waals surface area contributed by atoms with Gasteiger partial charge >= 0.3 is 0 Å². The van der Waals surface area contributed by atoms with Gasteiger partial charge in [0.2, 0.25) is 0 Å². The lowest BCUT2D eigenvalue weighted by molar-refractivity contribution is 0.410. The molecule has 0 unspecified atom stereocenters.